The van der Waals surface area contributed by atoms with Crippen molar-refractivity contribution in [2.75, 3.05) is 57.7 Å². The molecule has 1 saturated heterocycles. The van der Waals surface area contributed by atoms with Gasteiger partial charge in [0.15, 0.2) is 0 Å². The van der Waals surface area contributed by atoms with Gasteiger partial charge in [-0.3, -0.25) is 14.6 Å². The van der Waals surface area contributed by atoms with Crippen LogP contribution in [0.5, 0.6) is 5.75 Å². The number of anilines is 1. The fraction of sp³-hybridized carbons (Fsp3) is 0.480. The van der Waals surface area contributed by atoms with E-state index < -0.39 is 10.0 Å². The molecule has 0 unspecified atom stereocenters. The predicted octanol–water partition coefficient (Wildman–Crippen LogP) is 2.87. The van der Waals surface area contributed by atoms with Gasteiger partial charge >= 0.3 is 0 Å². The van der Waals surface area contributed by atoms with Gasteiger partial charge in [0.25, 0.3) is 0 Å². The molecule has 34 heavy (non-hydrogen) atoms. The number of carbonyl (C=O) groups is 1. The number of hydrogen-bond donors (Lipinski definition) is 1. The van der Waals surface area contributed by atoms with E-state index in [0.29, 0.717) is 25.4 Å². The maximum Gasteiger partial charge on any atom is 0.243 e. The minimum absolute atomic E-state index is 0.141. The van der Waals surface area contributed by atoms with E-state index in [1.165, 1.54) is 15.9 Å². The zero-order valence-electron chi connectivity index (χ0n) is 20.4. The summed E-state index contributed by atoms with van der Waals surface area (Å²) in [5.74, 6) is 0.746. The van der Waals surface area contributed by atoms with E-state index in [1.54, 1.807) is 18.2 Å². The highest BCUT2D eigenvalue weighted by Crippen LogP contribution is 2.20. The average molecular weight is 489 g/mol. The maximum atomic E-state index is 12.8. The molecule has 1 amide bonds. The summed E-state index contributed by atoms with van der Waals surface area (Å²) in [6.07, 6.45) is 0. The van der Waals surface area contributed by atoms with Crippen LogP contribution in [0.4, 0.5) is 5.69 Å². The summed E-state index contributed by atoms with van der Waals surface area (Å²) < 4.78 is 32.4. The van der Waals surface area contributed by atoms with Crippen molar-refractivity contribution in [2.45, 2.75) is 32.2 Å². The Hall–Kier alpha value is -2.46. The Balaban J connectivity index is 1.48. The van der Waals surface area contributed by atoms with Gasteiger partial charge in [-0.05, 0) is 42.8 Å². The largest absolute Gasteiger partial charge is 0.494 e. The molecular weight excluding hydrogens is 452 g/mol. The zero-order valence-corrected chi connectivity index (χ0v) is 21.2. The fourth-order valence-corrected chi connectivity index (χ4v) is 5.58. The number of ether oxygens (including phenoxy) is 1. The molecular formula is C25H36N4O4S. The first-order chi connectivity index (χ1) is 16.3. The van der Waals surface area contributed by atoms with Gasteiger partial charge in [0.2, 0.25) is 15.9 Å². The SMILES string of the molecule is CCOc1ccc(CN2CCN(CC(=O)Nc3cccc(S(=O)(=O)N(CC)CC)c3)CC2)cc1. The number of amides is 1. The molecule has 1 fully saturated rings. The highest BCUT2D eigenvalue weighted by atomic mass is 32.2. The lowest BCUT2D eigenvalue weighted by atomic mass is 10.2. The van der Waals surface area contributed by atoms with Crippen molar-refractivity contribution >= 4 is 21.6 Å². The Morgan fingerprint density at radius 2 is 1.62 bits per heavy atom. The van der Waals surface area contributed by atoms with Crippen molar-refractivity contribution in [3.8, 4) is 5.75 Å². The lowest BCUT2D eigenvalue weighted by Gasteiger charge is -2.34. The third kappa shape index (κ3) is 7.02. The van der Waals surface area contributed by atoms with Crippen LogP contribution in [0.1, 0.15) is 26.3 Å². The van der Waals surface area contributed by atoms with Crippen LogP contribution in [0.25, 0.3) is 0 Å². The van der Waals surface area contributed by atoms with E-state index in [1.807, 2.05) is 32.9 Å². The topological polar surface area (TPSA) is 82.2 Å². The maximum absolute atomic E-state index is 12.8. The second-order valence-corrected chi connectivity index (χ2v) is 10.2. The molecule has 0 spiro atoms. The summed E-state index contributed by atoms with van der Waals surface area (Å²) >= 11 is 0. The Kier molecular flexibility index (Phi) is 9.46. The van der Waals surface area contributed by atoms with Gasteiger partial charge in [0.05, 0.1) is 18.0 Å². The third-order valence-corrected chi connectivity index (χ3v) is 7.98. The van der Waals surface area contributed by atoms with E-state index in [0.717, 1.165) is 38.5 Å². The second kappa shape index (κ2) is 12.3. The van der Waals surface area contributed by atoms with Gasteiger partial charge in [0.1, 0.15) is 5.75 Å². The van der Waals surface area contributed by atoms with Crippen molar-refractivity contribution < 1.29 is 17.9 Å². The van der Waals surface area contributed by atoms with Crippen LogP contribution >= 0.6 is 0 Å². The normalized spacial score (nSPS) is 15.4. The van der Waals surface area contributed by atoms with Gasteiger partial charge in [-0.15, -0.1) is 0 Å². The van der Waals surface area contributed by atoms with E-state index >= 15 is 0 Å². The van der Waals surface area contributed by atoms with Crippen LogP contribution in [-0.4, -0.2) is 80.9 Å². The monoisotopic (exact) mass is 488 g/mol. The number of hydrogen-bond acceptors (Lipinski definition) is 6. The van der Waals surface area contributed by atoms with E-state index in [4.69, 9.17) is 4.74 Å². The van der Waals surface area contributed by atoms with Crippen LogP contribution in [0.2, 0.25) is 0 Å². The molecule has 0 radical (unpaired) electrons. The Morgan fingerprint density at radius 3 is 2.24 bits per heavy atom. The summed E-state index contributed by atoms with van der Waals surface area (Å²) in [6.45, 7) is 11.6. The number of sulfonamides is 1. The average Bonchev–Trinajstić information content (AvgIpc) is 2.82. The zero-order chi connectivity index (χ0) is 24.6. The number of nitrogens with one attached hydrogen (secondary N) is 1. The Labute approximate surface area is 203 Å². The molecule has 0 aliphatic carbocycles. The molecule has 0 saturated carbocycles. The molecule has 0 aromatic heterocycles. The van der Waals surface area contributed by atoms with E-state index in [-0.39, 0.29) is 17.3 Å². The minimum Gasteiger partial charge on any atom is -0.494 e. The molecule has 2 aromatic carbocycles. The fourth-order valence-electron chi connectivity index (χ4n) is 4.07. The molecule has 8 nitrogen and oxygen atoms in total. The predicted molar refractivity (Wildman–Crippen MR) is 135 cm³/mol. The third-order valence-electron chi connectivity index (χ3n) is 5.93. The molecule has 1 aliphatic rings. The molecule has 0 atom stereocenters. The first-order valence-electron chi connectivity index (χ1n) is 11.9. The number of carbonyl (C=O) groups excluding carboxylic acids is 1. The second-order valence-electron chi connectivity index (χ2n) is 8.29. The van der Waals surface area contributed by atoms with Gasteiger partial charge < -0.3 is 10.1 Å². The van der Waals surface area contributed by atoms with Crippen LogP contribution in [0, 0.1) is 0 Å². The molecule has 1 heterocycles. The summed E-state index contributed by atoms with van der Waals surface area (Å²) in [5.41, 5.74) is 1.74. The minimum atomic E-state index is -3.57. The molecule has 1 aliphatic heterocycles. The van der Waals surface area contributed by atoms with Crippen molar-refractivity contribution in [2.24, 2.45) is 0 Å². The number of piperazine rings is 1. The summed E-state index contributed by atoms with van der Waals surface area (Å²) in [6, 6.07) is 14.7. The highest BCUT2D eigenvalue weighted by Gasteiger charge is 2.23. The molecule has 0 bridgehead atoms. The first-order valence-corrected chi connectivity index (χ1v) is 13.4. The number of benzene rings is 2. The van der Waals surface area contributed by atoms with Crippen LogP contribution in [-0.2, 0) is 21.4 Å². The van der Waals surface area contributed by atoms with Crippen LogP contribution < -0.4 is 10.1 Å². The van der Waals surface area contributed by atoms with Gasteiger partial charge in [-0.2, -0.15) is 4.31 Å². The number of nitrogens with zero attached hydrogens (tertiary/aromatic N) is 3. The summed E-state index contributed by atoms with van der Waals surface area (Å²) in [4.78, 5) is 17.3. The van der Waals surface area contributed by atoms with Crippen LogP contribution in [0.15, 0.2) is 53.4 Å². The van der Waals surface area contributed by atoms with E-state index in [2.05, 4.69) is 27.2 Å². The highest BCUT2D eigenvalue weighted by molar-refractivity contribution is 7.89. The molecule has 9 heteroatoms. The molecule has 2 aromatic rings. The van der Waals surface area contributed by atoms with Gasteiger partial charge in [-0.1, -0.05) is 32.0 Å². The summed E-state index contributed by atoms with van der Waals surface area (Å²) in [5, 5.41) is 2.85. The molecule has 186 valence electrons. The lowest BCUT2D eigenvalue weighted by Crippen LogP contribution is -2.48. The number of rotatable bonds is 11. The molecule has 3 rings (SSSR count). The van der Waals surface area contributed by atoms with Gasteiger partial charge in [0, 0.05) is 51.5 Å². The quantitative estimate of drug-likeness (QED) is 0.524. The standard InChI is InChI=1S/C25H36N4O4S/c1-4-29(5-2)34(31,32)24-9-7-8-22(18-24)26-25(30)20-28-16-14-27(15-17-28)19-21-10-12-23(13-11-21)33-6-3/h7-13,18H,4-6,14-17,19-20H2,1-3H3,(H,26,30). The lowest BCUT2D eigenvalue weighted by molar-refractivity contribution is -0.117. The Morgan fingerprint density at radius 1 is 0.971 bits per heavy atom. The van der Waals surface area contributed by atoms with Crippen molar-refractivity contribution in [1.82, 2.24) is 14.1 Å². The smallest absolute Gasteiger partial charge is 0.243 e. The van der Waals surface area contributed by atoms with Crippen molar-refractivity contribution in [1.29, 1.82) is 0 Å². The summed E-state index contributed by atoms with van der Waals surface area (Å²) in [7, 11) is -3.57. The molecule has 1 N–H and O–H groups in total. The van der Waals surface area contributed by atoms with Crippen molar-refractivity contribution in [3.63, 3.8) is 0 Å². The van der Waals surface area contributed by atoms with Crippen LogP contribution in [0.3, 0.4) is 0 Å². The first kappa shape index (κ1) is 26.2. The Bertz CT molecular complexity index is 1030. The van der Waals surface area contributed by atoms with E-state index in [9.17, 15) is 13.2 Å². The van der Waals surface area contributed by atoms with Gasteiger partial charge in [-0.25, -0.2) is 8.42 Å². The van der Waals surface area contributed by atoms with Crippen molar-refractivity contribution in [3.05, 3.63) is 54.1 Å².